The maximum Gasteiger partial charge on any atom is 0.224 e. The highest BCUT2D eigenvalue weighted by molar-refractivity contribution is 5.79. The lowest BCUT2D eigenvalue weighted by atomic mass is 10.0. The fourth-order valence-electron chi connectivity index (χ4n) is 2.49. The van der Waals surface area contributed by atoms with Crippen molar-refractivity contribution >= 4 is 5.91 Å². The van der Waals surface area contributed by atoms with Crippen LogP contribution in [0.25, 0.3) is 0 Å². The summed E-state index contributed by atoms with van der Waals surface area (Å²) in [6, 6.07) is 16.8. The first-order valence-corrected chi connectivity index (χ1v) is 7.81. The van der Waals surface area contributed by atoms with Crippen molar-refractivity contribution in [3.63, 3.8) is 0 Å². The third kappa shape index (κ3) is 5.75. The van der Waals surface area contributed by atoms with Gasteiger partial charge in [-0.2, -0.15) is 0 Å². The van der Waals surface area contributed by atoms with Crippen molar-refractivity contribution < 1.29 is 9.90 Å². The van der Waals surface area contributed by atoms with E-state index in [2.05, 4.69) is 10.2 Å². The van der Waals surface area contributed by atoms with E-state index >= 15 is 0 Å². The highest BCUT2D eigenvalue weighted by atomic mass is 16.3. The van der Waals surface area contributed by atoms with Crippen molar-refractivity contribution in [3.05, 3.63) is 65.7 Å². The Balaban J connectivity index is 2.03. The molecule has 1 amide bonds. The second-order valence-corrected chi connectivity index (χ2v) is 5.97. The van der Waals surface area contributed by atoms with Gasteiger partial charge in [0.25, 0.3) is 0 Å². The van der Waals surface area contributed by atoms with Crippen molar-refractivity contribution in [2.45, 2.75) is 18.9 Å². The van der Waals surface area contributed by atoms with Gasteiger partial charge >= 0.3 is 0 Å². The molecule has 0 saturated carbocycles. The van der Waals surface area contributed by atoms with Crippen molar-refractivity contribution in [3.8, 4) is 5.75 Å². The van der Waals surface area contributed by atoms with Gasteiger partial charge in [0, 0.05) is 0 Å². The minimum absolute atomic E-state index is 0.0107. The van der Waals surface area contributed by atoms with Crippen LogP contribution in [-0.2, 0) is 11.2 Å². The third-order valence-electron chi connectivity index (χ3n) is 3.68. The smallest absolute Gasteiger partial charge is 0.224 e. The fraction of sp³-hybridized carbons (Fsp3) is 0.316. The molecule has 0 aliphatic heterocycles. The average Bonchev–Trinajstić information content (AvgIpc) is 2.52. The maximum absolute atomic E-state index is 12.3. The second-order valence-electron chi connectivity index (χ2n) is 5.97. The predicted molar refractivity (Wildman–Crippen MR) is 92.3 cm³/mol. The zero-order valence-electron chi connectivity index (χ0n) is 13.7. The summed E-state index contributed by atoms with van der Waals surface area (Å²) in [6.07, 6.45) is 1.11. The van der Waals surface area contributed by atoms with Gasteiger partial charge in [0.05, 0.1) is 12.5 Å². The summed E-state index contributed by atoms with van der Waals surface area (Å²) in [7, 11) is 4.05. The van der Waals surface area contributed by atoms with Crippen molar-refractivity contribution in [2.24, 2.45) is 0 Å². The van der Waals surface area contributed by atoms with Crippen LogP contribution in [0.3, 0.4) is 0 Å². The molecule has 0 spiro atoms. The first-order valence-electron chi connectivity index (χ1n) is 7.81. The van der Waals surface area contributed by atoms with E-state index < -0.39 is 0 Å². The molecule has 1 atom stereocenters. The molecule has 0 unspecified atom stereocenters. The van der Waals surface area contributed by atoms with Crippen LogP contribution in [0, 0.1) is 0 Å². The lowest BCUT2D eigenvalue weighted by molar-refractivity contribution is -0.121. The zero-order chi connectivity index (χ0) is 16.7. The Bertz CT molecular complexity index is 626. The van der Waals surface area contributed by atoms with E-state index in [-0.39, 0.29) is 24.1 Å². The number of phenolic OH excluding ortho intramolecular Hbond substituents is 1. The molecule has 0 fully saturated rings. The monoisotopic (exact) mass is 312 g/mol. The van der Waals surface area contributed by atoms with Gasteiger partial charge in [-0.15, -0.1) is 0 Å². The van der Waals surface area contributed by atoms with Gasteiger partial charge in [-0.05, 0) is 50.3 Å². The Morgan fingerprint density at radius 3 is 2.52 bits per heavy atom. The van der Waals surface area contributed by atoms with Crippen LogP contribution in [0.15, 0.2) is 54.6 Å². The molecule has 2 rings (SSSR count). The summed E-state index contributed by atoms with van der Waals surface area (Å²) < 4.78 is 0. The molecule has 23 heavy (non-hydrogen) atoms. The molecule has 4 nitrogen and oxygen atoms in total. The average molecular weight is 312 g/mol. The summed E-state index contributed by atoms with van der Waals surface area (Å²) >= 11 is 0. The van der Waals surface area contributed by atoms with Crippen LogP contribution < -0.4 is 5.32 Å². The lowest BCUT2D eigenvalue weighted by Gasteiger charge is -2.21. The number of phenols is 1. The highest BCUT2D eigenvalue weighted by Gasteiger charge is 2.15. The van der Waals surface area contributed by atoms with Crippen LogP contribution in [0.2, 0.25) is 0 Å². The summed E-state index contributed by atoms with van der Waals surface area (Å²) in [6.45, 7) is 0.895. The van der Waals surface area contributed by atoms with Gasteiger partial charge in [-0.3, -0.25) is 4.79 Å². The number of carbonyl (C=O) groups is 1. The number of nitrogens with zero attached hydrogens (tertiary/aromatic N) is 1. The van der Waals surface area contributed by atoms with Crippen molar-refractivity contribution in [2.75, 3.05) is 20.6 Å². The quantitative estimate of drug-likeness (QED) is 0.826. The molecule has 0 aliphatic rings. The number of benzene rings is 2. The summed E-state index contributed by atoms with van der Waals surface area (Å²) in [5.41, 5.74) is 1.92. The Labute approximate surface area is 137 Å². The SMILES string of the molecule is CN(C)CC[C@@H](NC(=O)Cc1cccc(O)c1)c1ccccc1. The molecule has 0 aliphatic carbocycles. The van der Waals surface area contributed by atoms with E-state index in [9.17, 15) is 9.90 Å². The molecule has 2 aromatic carbocycles. The topological polar surface area (TPSA) is 52.6 Å². The van der Waals surface area contributed by atoms with Crippen molar-refractivity contribution in [1.82, 2.24) is 10.2 Å². The highest BCUT2D eigenvalue weighted by Crippen LogP contribution is 2.17. The van der Waals surface area contributed by atoms with Crippen LogP contribution in [0.5, 0.6) is 5.75 Å². The number of aromatic hydroxyl groups is 1. The number of hydrogen-bond acceptors (Lipinski definition) is 3. The first kappa shape index (κ1) is 17.0. The minimum atomic E-state index is -0.0387. The van der Waals surface area contributed by atoms with E-state index in [1.54, 1.807) is 18.2 Å². The van der Waals surface area contributed by atoms with E-state index in [1.165, 1.54) is 0 Å². The Hall–Kier alpha value is -2.33. The van der Waals surface area contributed by atoms with E-state index in [0.29, 0.717) is 0 Å². The second kappa shape index (κ2) is 8.34. The molecular formula is C19H24N2O2. The molecule has 122 valence electrons. The van der Waals surface area contributed by atoms with Crippen molar-refractivity contribution in [1.29, 1.82) is 0 Å². The summed E-state index contributed by atoms with van der Waals surface area (Å²) in [5, 5.41) is 12.6. The van der Waals surface area contributed by atoms with Gasteiger partial charge < -0.3 is 15.3 Å². The molecule has 2 N–H and O–H groups in total. The molecular weight excluding hydrogens is 288 g/mol. The first-order chi connectivity index (χ1) is 11.0. The lowest BCUT2D eigenvalue weighted by Crippen LogP contribution is -2.32. The number of carbonyl (C=O) groups excluding carboxylic acids is 1. The van der Waals surface area contributed by atoms with Gasteiger partial charge in [0.2, 0.25) is 5.91 Å². The molecule has 0 heterocycles. The van der Waals surface area contributed by atoms with E-state index in [0.717, 1.165) is 24.1 Å². The van der Waals surface area contributed by atoms with Gasteiger partial charge in [-0.25, -0.2) is 0 Å². The maximum atomic E-state index is 12.3. The Morgan fingerprint density at radius 2 is 1.87 bits per heavy atom. The van der Waals surface area contributed by atoms with E-state index in [1.807, 2.05) is 50.5 Å². The molecule has 0 bridgehead atoms. The minimum Gasteiger partial charge on any atom is -0.508 e. The standard InChI is InChI=1S/C19H24N2O2/c1-21(2)12-11-18(16-8-4-3-5-9-16)20-19(23)14-15-7-6-10-17(22)13-15/h3-10,13,18,22H,11-12,14H2,1-2H3,(H,20,23)/t18-/m1/s1. The summed E-state index contributed by atoms with van der Waals surface area (Å²) in [4.78, 5) is 14.5. The predicted octanol–water partition coefficient (Wildman–Crippen LogP) is 2.74. The van der Waals surface area contributed by atoms with Gasteiger partial charge in [0.1, 0.15) is 5.75 Å². The third-order valence-corrected chi connectivity index (χ3v) is 3.68. The van der Waals surface area contributed by atoms with Gasteiger partial charge in [-0.1, -0.05) is 42.5 Å². The number of hydrogen-bond donors (Lipinski definition) is 2. The van der Waals surface area contributed by atoms with E-state index in [4.69, 9.17) is 0 Å². The van der Waals surface area contributed by atoms with Crippen LogP contribution in [0.4, 0.5) is 0 Å². The summed E-state index contributed by atoms with van der Waals surface area (Å²) in [5.74, 6) is 0.144. The number of rotatable bonds is 7. The zero-order valence-corrected chi connectivity index (χ0v) is 13.7. The number of amides is 1. The van der Waals surface area contributed by atoms with Crippen LogP contribution in [0.1, 0.15) is 23.6 Å². The Kier molecular flexibility index (Phi) is 6.18. The molecule has 0 saturated heterocycles. The molecule has 0 aromatic heterocycles. The molecule has 0 radical (unpaired) electrons. The van der Waals surface area contributed by atoms with Crippen LogP contribution in [-0.4, -0.2) is 36.6 Å². The Morgan fingerprint density at radius 1 is 1.13 bits per heavy atom. The largest absolute Gasteiger partial charge is 0.508 e. The fourth-order valence-corrected chi connectivity index (χ4v) is 2.49. The molecule has 2 aromatic rings. The molecule has 4 heteroatoms. The van der Waals surface area contributed by atoms with Crippen LogP contribution >= 0.6 is 0 Å². The van der Waals surface area contributed by atoms with Gasteiger partial charge in [0.15, 0.2) is 0 Å². The number of nitrogens with one attached hydrogen (secondary N) is 1. The normalized spacial score (nSPS) is 12.1.